The van der Waals surface area contributed by atoms with Crippen molar-refractivity contribution in [1.29, 1.82) is 0 Å². The third-order valence-electron chi connectivity index (χ3n) is 6.36. The average Bonchev–Trinajstić information content (AvgIpc) is 3.18. The second-order valence-corrected chi connectivity index (χ2v) is 8.30. The Balaban J connectivity index is 1.43. The summed E-state index contributed by atoms with van der Waals surface area (Å²) in [7, 11) is 4.76. The third kappa shape index (κ3) is 4.33. The van der Waals surface area contributed by atoms with E-state index >= 15 is 0 Å². The Hall–Kier alpha value is -3.68. The molecular formula is C25H26FN3O4. The number of Topliss-reactive ketones (excluding diaryl/α,β-unsaturated/α-hetero) is 1. The molecule has 0 N–H and O–H groups in total. The van der Waals surface area contributed by atoms with Crippen molar-refractivity contribution < 1.29 is 23.5 Å². The summed E-state index contributed by atoms with van der Waals surface area (Å²) in [5.74, 6) is -0.919. The lowest BCUT2D eigenvalue weighted by Gasteiger charge is -2.34. The summed E-state index contributed by atoms with van der Waals surface area (Å²) in [5.41, 5.74) is 2.42. The van der Waals surface area contributed by atoms with Gasteiger partial charge in [0.2, 0.25) is 0 Å². The molecule has 2 aromatic carbocycles. The number of hydrogen-bond donors (Lipinski definition) is 0. The van der Waals surface area contributed by atoms with Gasteiger partial charge in [0.15, 0.2) is 5.78 Å². The molecule has 4 rings (SSSR count). The first-order valence-electron chi connectivity index (χ1n) is 10.8. The van der Waals surface area contributed by atoms with Gasteiger partial charge >= 0.3 is 12.0 Å². The summed E-state index contributed by atoms with van der Waals surface area (Å²) < 4.78 is 19.7. The van der Waals surface area contributed by atoms with E-state index in [1.165, 1.54) is 24.1 Å². The number of halogens is 1. The number of ether oxygens (including phenoxy) is 1. The Morgan fingerprint density at radius 2 is 1.70 bits per heavy atom. The Kier molecular flexibility index (Phi) is 6.18. The molecule has 0 spiro atoms. The number of amides is 2. The highest BCUT2D eigenvalue weighted by Crippen LogP contribution is 2.27. The van der Waals surface area contributed by atoms with E-state index in [9.17, 15) is 18.8 Å². The summed E-state index contributed by atoms with van der Waals surface area (Å²) >= 11 is 0. The van der Waals surface area contributed by atoms with Crippen molar-refractivity contribution in [2.24, 2.45) is 13.0 Å². The summed E-state index contributed by atoms with van der Waals surface area (Å²) in [5, 5.41) is 0.860. The number of piperidine rings is 1. The van der Waals surface area contributed by atoms with Crippen molar-refractivity contribution in [3.63, 3.8) is 0 Å². The van der Waals surface area contributed by atoms with Crippen LogP contribution in [0.3, 0.4) is 0 Å². The maximum Gasteiger partial charge on any atom is 0.354 e. The second kappa shape index (κ2) is 9.05. The number of likely N-dealkylation sites (tertiary alicyclic amines) is 1. The van der Waals surface area contributed by atoms with Crippen LogP contribution in [0.25, 0.3) is 10.9 Å². The number of nitrogens with zero attached hydrogens (tertiary/aromatic N) is 3. The minimum atomic E-state index is -0.427. The molecule has 3 aromatic rings. The highest BCUT2D eigenvalue weighted by atomic mass is 19.1. The van der Waals surface area contributed by atoms with E-state index in [0.29, 0.717) is 42.9 Å². The van der Waals surface area contributed by atoms with E-state index in [4.69, 9.17) is 4.74 Å². The van der Waals surface area contributed by atoms with E-state index < -0.39 is 5.97 Å². The topological polar surface area (TPSA) is 71.8 Å². The number of hydrogen-bond acceptors (Lipinski definition) is 4. The number of urea groups is 1. The van der Waals surface area contributed by atoms with Crippen molar-refractivity contribution in [3.05, 3.63) is 65.6 Å². The van der Waals surface area contributed by atoms with Crippen molar-refractivity contribution in [2.75, 3.05) is 32.1 Å². The Morgan fingerprint density at radius 1 is 1.03 bits per heavy atom. The van der Waals surface area contributed by atoms with Crippen LogP contribution in [0.5, 0.6) is 0 Å². The number of aromatic nitrogens is 1. The van der Waals surface area contributed by atoms with Gasteiger partial charge in [-0.15, -0.1) is 0 Å². The molecule has 0 atom stereocenters. The summed E-state index contributed by atoms with van der Waals surface area (Å²) in [6.07, 6.45) is 1.14. The molecule has 1 aromatic heterocycles. The number of fused-ring (bicyclic) bond motifs is 1. The molecule has 0 aliphatic carbocycles. The van der Waals surface area contributed by atoms with Crippen LogP contribution in [0.1, 0.15) is 33.7 Å². The number of ketones is 1. The van der Waals surface area contributed by atoms with Crippen LogP contribution in [0.15, 0.2) is 48.5 Å². The fraction of sp³-hybridized carbons (Fsp3) is 0.320. The minimum Gasteiger partial charge on any atom is -0.464 e. The lowest BCUT2D eigenvalue weighted by molar-refractivity contribution is 0.0590. The minimum absolute atomic E-state index is 0.0386. The molecule has 1 fully saturated rings. The molecule has 172 valence electrons. The van der Waals surface area contributed by atoms with Gasteiger partial charge in [-0.3, -0.25) is 9.69 Å². The largest absolute Gasteiger partial charge is 0.464 e. The van der Waals surface area contributed by atoms with Gasteiger partial charge in [-0.25, -0.2) is 14.0 Å². The van der Waals surface area contributed by atoms with Crippen molar-refractivity contribution in [2.45, 2.75) is 12.8 Å². The SMILES string of the molecule is COC(=O)c1cc2ccc(C(=O)C3CCN(C(=O)N(C)c4ccc(F)cc4)CC3)cc2n1C. The van der Waals surface area contributed by atoms with E-state index in [1.807, 2.05) is 12.1 Å². The Morgan fingerprint density at radius 3 is 2.33 bits per heavy atom. The number of methoxy groups -OCH3 is 1. The van der Waals surface area contributed by atoms with E-state index in [2.05, 4.69) is 0 Å². The van der Waals surface area contributed by atoms with Gasteiger partial charge in [0.05, 0.1) is 7.11 Å². The van der Waals surface area contributed by atoms with Crippen LogP contribution in [0, 0.1) is 11.7 Å². The maximum atomic E-state index is 13.2. The van der Waals surface area contributed by atoms with Gasteiger partial charge in [0, 0.05) is 55.3 Å². The number of aryl methyl sites for hydroxylation is 1. The van der Waals surface area contributed by atoms with Crippen molar-refractivity contribution in [1.82, 2.24) is 9.47 Å². The quantitative estimate of drug-likeness (QED) is 0.439. The van der Waals surface area contributed by atoms with Gasteiger partial charge in [-0.1, -0.05) is 12.1 Å². The van der Waals surface area contributed by atoms with E-state index in [0.717, 1.165) is 10.9 Å². The molecule has 0 unspecified atom stereocenters. The molecule has 1 aliphatic heterocycles. The van der Waals surface area contributed by atoms with Crippen LogP contribution in [-0.2, 0) is 11.8 Å². The molecule has 1 saturated heterocycles. The highest BCUT2D eigenvalue weighted by molar-refractivity contribution is 6.03. The summed E-state index contributed by atoms with van der Waals surface area (Å²) in [6, 6.07) is 12.8. The number of carbonyl (C=O) groups excluding carboxylic acids is 3. The first-order chi connectivity index (χ1) is 15.8. The molecule has 1 aliphatic rings. The predicted octanol–water partition coefficient (Wildman–Crippen LogP) is 4.26. The molecule has 7 nitrogen and oxygen atoms in total. The molecule has 33 heavy (non-hydrogen) atoms. The van der Waals surface area contributed by atoms with Gasteiger partial charge in [-0.2, -0.15) is 0 Å². The molecule has 0 radical (unpaired) electrons. The molecule has 2 amide bonds. The van der Waals surface area contributed by atoms with Crippen LogP contribution < -0.4 is 4.90 Å². The van der Waals surface area contributed by atoms with Crippen LogP contribution >= 0.6 is 0 Å². The van der Waals surface area contributed by atoms with Gasteiger partial charge in [-0.05, 0) is 49.2 Å². The van der Waals surface area contributed by atoms with Gasteiger partial charge in [0.1, 0.15) is 11.5 Å². The monoisotopic (exact) mass is 451 g/mol. The Labute approximate surface area is 191 Å². The molecular weight excluding hydrogens is 425 g/mol. The molecule has 8 heteroatoms. The molecule has 2 heterocycles. The van der Waals surface area contributed by atoms with Gasteiger partial charge in [0.25, 0.3) is 0 Å². The first kappa shape index (κ1) is 22.5. The van der Waals surface area contributed by atoms with Crippen LogP contribution in [0.2, 0.25) is 0 Å². The summed E-state index contributed by atoms with van der Waals surface area (Å²) in [6.45, 7) is 0.944. The molecule has 0 saturated carbocycles. The zero-order chi connectivity index (χ0) is 23.7. The number of esters is 1. The lowest BCUT2D eigenvalue weighted by Crippen LogP contribution is -2.46. The third-order valence-corrected chi connectivity index (χ3v) is 6.36. The fourth-order valence-electron chi connectivity index (χ4n) is 4.34. The number of benzene rings is 2. The van der Waals surface area contributed by atoms with Crippen molar-refractivity contribution in [3.8, 4) is 0 Å². The fourth-order valence-corrected chi connectivity index (χ4v) is 4.34. The standard InChI is InChI=1S/C25H26FN3O4/c1-27(20-8-6-19(26)7-9-20)25(32)29-12-10-16(11-13-29)23(30)18-5-4-17-14-22(24(31)33-3)28(2)21(17)15-18/h4-9,14-16H,10-13H2,1-3H3. The zero-order valence-corrected chi connectivity index (χ0v) is 18.9. The maximum absolute atomic E-state index is 13.2. The van der Waals surface area contributed by atoms with Gasteiger partial charge < -0.3 is 14.2 Å². The number of anilines is 1. The van der Waals surface area contributed by atoms with E-state index in [-0.39, 0.29) is 23.5 Å². The summed E-state index contributed by atoms with van der Waals surface area (Å²) in [4.78, 5) is 41.1. The Bertz CT molecular complexity index is 1210. The van der Waals surface area contributed by atoms with E-state index in [1.54, 1.807) is 47.8 Å². The number of rotatable bonds is 4. The van der Waals surface area contributed by atoms with Crippen LogP contribution in [0.4, 0.5) is 14.9 Å². The van der Waals surface area contributed by atoms with Crippen molar-refractivity contribution >= 4 is 34.4 Å². The first-order valence-corrected chi connectivity index (χ1v) is 10.8. The zero-order valence-electron chi connectivity index (χ0n) is 18.9. The second-order valence-electron chi connectivity index (χ2n) is 8.30. The average molecular weight is 451 g/mol. The predicted molar refractivity (Wildman–Crippen MR) is 123 cm³/mol. The highest BCUT2D eigenvalue weighted by Gasteiger charge is 2.30. The smallest absolute Gasteiger partial charge is 0.354 e. The number of carbonyl (C=O) groups is 3. The lowest BCUT2D eigenvalue weighted by atomic mass is 9.88. The molecule has 0 bridgehead atoms. The normalized spacial score (nSPS) is 14.4. The van der Waals surface area contributed by atoms with Crippen LogP contribution in [-0.4, -0.2) is 54.5 Å².